The maximum Gasteiger partial charge on any atom is 0.244 e. The van der Waals surface area contributed by atoms with Crippen molar-refractivity contribution in [1.29, 1.82) is 0 Å². The van der Waals surface area contributed by atoms with Crippen LogP contribution >= 0.6 is 11.8 Å². The van der Waals surface area contributed by atoms with E-state index >= 15 is 0 Å². The summed E-state index contributed by atoms with van der Waals surface area (Å²) in [6.45, 7) is 0. The number of aromatic nitrogens is 7. The summed E-state index contributed by atoms with van der Waals surface area (Å²) >= 11 is 1.42. The van der Waals surface area contributed by atoms with E-state index in [2.05, 4.69) is 35.3 Å². The van der Waals surface area contributed by atoms with Crippen molar-refractivity contribution in [2.24, 2.45) is 0 Å². The van der Waals surface area contributed by atoms with Crippen LogP contribution < -0.4 is 4.90 Å². The molecule has 8 nitrogen and oxygen atoms in total. The van der Waals surface area contributed by atoms with Gasteiger partial charge in [-0.3, -0.25) is 4.98 Å². The molecule has 0 aromatic carbocycles. The van der Waals surface area contributed by atoms with E-state index in [1.807, 2.05) is 38.6 Å². The topological polar surface area (TPSA) is 93.5 Å². The van der Waals surface area contributed by atoms with Gasteiger partial charge in [0.05, 0.1) is 11.9 Å². The van der Waals surface area contributed by atoms with Crippen LogP contribution in [0.4, 0.5) is 5.95 Å². The fourth-order valence-electron chi connectivity index (χ4n) is 1.83. The van der Waals surface area contributed by atoms with Crippen LogP contribution in [0.2, 0.25) is 0 Å². The molecule has 0 N–H and O–H groups in total. The third-order valence-electron chi connectivity index (χ3n) is 2.95. The monoisotopic (exact) mass is 326 g/mol. The van der Waals surface area contributed by atoms with Gasteiger partial charge in [0.2, 0.25) is 11.1 Å². The van der Waals surface area contributed by atoms with Crippen LogP contribution in [0, 0.1) is 0 Å². The maximum atomic E-state index is 4.52. The normalized spacial score (nSPS) is 10.6. The molecule has 3 aromatic rings. The summed E-state index contributed by atoms with van der Waals surface area (Å²) in [6, 6.07) is 5.61. The number of thioether (sulfide) groups is 1. The Bertz CT molecular complexity index is 792. The van der Waals surface area contributed by atoms with Crippen LogP contribution in [0.1, 0.15) is 0 Å². The van der Waals surface area contributed by atoms with Gasteiger partial charge < -0.3 is 4.90 Å². The van der Waals surface area contributed by atoms with Gasteiger partial charge >= 0.3 is 0 Å². The minimum absolute atomic E-state index is 0.504. The Morgan fingerprint density at radius 3 is 2.39 bits per heavy atom. The van der Waals surface area contributed by atoms with Crippen LogP contribution in [-0.4, -0.2) is 55.7 Å². The minimum atomic E-state index is 0.504. The number of rotatable bonds is 4. The van der Waals surface area contributed by atoms with Gasteiger partial charge in [0, 0.05) is 20.3 Å². The van der Waals surface area contributed by atoms with Gasteiger partial charge in [0.1, 0.15) is 17.1 Å². The Labute approximate surface area is 137 Å². The van der Waals surface area contributed by atoms with E-state index in [0.29, 0.717) is 33.9 Å². The summed E-state index contributed by atoms with van der Waals surface area (Å²) in [6.07, 6.45) is 5.21. The number of anilines is 1. The fraction of sp³-hybridized carbons (Fsp3) is 0.214. The van der Waals surface area contributed by atoms with Crippen molar-refractivity contribution >= 4 is 17.7 Å². The quantitative estimate of drug-likeness (QED) is 0.662. The first-order valence-electron chi connectivity index (χ1n) is 6.76. The summed E-state index contributed by atoms with van der Waals surface area (Å²) < 4.78 is 0. The predicted molar refractivity (Wildman–Crippen MR) is 88.0 cm³/mol. The molecular formula is C14H14N8S. The summed E-state index contributed by atoms with van der Waals surface area (Å²) in [5, 5.41) is 17.2. The Kier molecular flexibility index (Phi) is 4.38. The van der Waals surface area contributed by atoms with Crippen molar-refractivity contribution in [3.63, 3.8) is 0 Å². The van der Waals surface area contributed by atoms with E-state index in [1.165, 1.54) is 11.8 Å². The van der Waals surface area contributed by atoms with Crippen LogP contribution in [0.5, 0.6) is 0 Å². The Hall–Kier alpha value is -2.68. The second kappa shape index (κ2) is 6.61. The largest absolute Gasteiger partial charge is 0.346 e. The van der Waals surface area contributed by atoms with Crippen LogP contribution in [0.25, 0.3) is 22.8 Å². The molecular weight excluding hydrogens is 312 g/mol. The van der Waals surface area contributed by atoms with Gasteiger partial charge in [-0.05, 0) is 18.4 Å². The van der Waals surface area contributed by atoms with Crippen molar-refractivity contribution < 1.29 is 0 Å². The molecule has 0 aliphatic carbocycles. The average Bonchev–Trinajstić information content (AvgIpc) is 2.62. The van der Waals surface area contributed by atoms with E-state index in [0.717, 1.165) is 0 Å². The molecule has 0 saturated carbocycles. The molecule has 0 bridgehead atoms. The molecule has 23 heavy (non-hydrogen) atoms. The molecule has 9 heteroatoms. The summed E-state index contributed by atoms with van der Waals surface area (Å²) in [4.78, 5) is 14.9. The zero-order chi connectivity index (χ0) is 16.2. The zero-order valence-electron chi connectivity index (χ0n) is 12.9. The molecule has 0 saturated heterocycles. The molecule has 0 unspecified atom stereocenters. The molecule has 0 amide bonds. The lowest BCUT2D eigenvalue weighted by Gasteiger charge is -2.10. The Balaban J connectivity index is 2.11. The molecule has 0 fully saturated rings. The predicted octanol–water partition coefficient (Wildman–Crippen LogP) is 1.57. The highest BCUT2D eigenvalue weighted by Crippen LogP contribution is 2.26. The highest BCUT2D eigenvalue weighted by atomic mass is 32.2. The van der Waals surface area contributed by atoms with Gasteiger partial charge in [-0.25, -0.2) is 9.97 Å². The number of hydrogen-bond acceptors (Lipinski definition) is 9. The molecule has 3 rings (SSSR count). The molecule has 0 atom stereocenters. The van der Waals surface area contributed by atoms with E-state index in [1.54, 1.807) is 17.3 Å². The third-order valence-corrected chi connectivity index (χ3v) is 3.49. The number of pyridine rings is 1. The van der Waals surface area contributed by atoms with Gasteiger partial charge in [0.15, 0.2) is 0 Å². The molecule has 116 valence electrons. The van der Waals surface area contributed by atoms with Crippen LogP contribution in [0.15, 0.2) is 35.7 Å². The Morgan fingerprint density at radius 1 is 0.913 bits per heavy atom. The van der Waals surface area contributed by atoms with Crippen molar-refractivity contribution in [2.75, 3.05) is 25.3 Å². The smallest absolute Gasteiger partial charge is 0.244 e. The maximum absolute atomic E-state index is 4.52. The lowest BCUT2D eigenvalue weighted by molar-refractivity contribution is 0.837. The number of hydrogen-bond donors (Lipinski definition) is 0. The van der Waals surface area contributed by atoms with Gasteiger partial charge in [-0.15, -0.1) is 20.4 Å². The first-order chi connectivity index (χ1) is 11.2. The van der Waals surface area contributed by atoms with Crippen molar-refractivity contribution in [3.8, 4) is 22.8 Å². The fourth-order valence-corrected chi connectivity index (χ4v) is 2.14. The van der Waals surface area contributed by atoms with Gasteiger partial charge in [-0.1, -0.05) is 17.8 Å². The van der Waals surface area contributed by atoms with E-state index < -0.39 is 0 Å². The zero-order valence-corrected chi connectivity index (χ0v) is 13.7. The third kappa shape index (κ3) is 3.24. The first kappa shape index (κ1) is 15.2. The second-order valence-electron chi connectivity index (χ2n) is 4.75. The van der Waals surface area contributed by atoms with Gasteiger partial charge in [0.25, 0.3) is 0 Å². The average molecular weight is 326 g/mol. The summed E-state index contributed by atoms with van der Waals surface area (Å²) in [5.74, 6) is 0.523. The van der Waals surface area contributed by atoms with E-state index in [-0.39, 0.29) is 0 Å². The van der Waals surface area contributed by atoms with E-state index in [4.69, 9.17) is 0 Å². The summed E-state index contributed by atoms with van der Waals surface area (Å²) in [7, 11) is 3.70. The highest BCUT2D eigenvalue weighted by Gasteiger charge is 2.16. The Morgan fingerprint density at radius 2 is 1.78 bits per heavy atom. The number of nitrogens with zero attached hydrogens (tertiary/aromatic N) is 8. The van der Waals surface area contributed by atoms with E-state index in [9.17, 15) is 0 Å². The molecule has 0 aliphatic rings. The van der Waals surface area contributed by atoms with Crippen molar-refractivity contribution in [1.82, 2.24) is 35.3 Å². The summed E-state index contributed by atoms with van der Waals surface area (Å²) in [5.41, 5.74) is 2.32. The molecule has 3 aromatic heterocycles. The molecule has 0 radical (unpaired) electrons. The lowest BCUT2D eigenvalue weighted by Crippen LogP contribution is -2.13. The molecule has 3 heterocycles. The highest BCUT2D eigenvalue weighted by molar-refractivity contribution is 7.98. The lowest BCUT2D eigenvalue weighted by atomic mass is 10.2. The van der Waals surface area contributed by atoms with Crippen LogP contribution in [0.3, 0.4) is 0 Å². The first-order valence-corrected chi connectivity index (χ1v) is 7.99. The minimum Gasteiger partial charge on any atom is -0.346 e. The molecule has 0 spiro atoms. The van der Waals surface area contributed by atoms with Crippen molar-refractivity contribution in [3.05, 3.63) is 30.6 Å². The van der Waals surface area contributed by atoms with Crippen molar-refractivity contribution in [2.45, 2.75) is 5.16 Å². The van der Waals surface area contributed by atoms with Gasteiger partial charge in [-0.2, -0.15) is 0 Å². The SMILES string of the molecule is CSc1nnc(-c2cnc(N(C)C)nn2)c(-c2ccccn2)n1. The second-order valence-corrected chi connectivity index (χ2v) is 5.52. The standard InChI is InChI=1S/C14H14N8S/c1-22(2)13-16-8-10(18-20-13)12-11(9-6-4-5-7-15-9)17-14(23-3)21-19-12/h4-8H,1-3H3. The van der Waals surface area contributed by atoms with Crippen LogP contribution in [-0.2, 0) is 0 Å². The molecule has 0 aliphatic heterocycles.